The lowest BCUT2D eigenvalue weighted by Crippen LogP contribution is -2.46. The SMILES string of the molecule is COC(C)CCC(=O)NCCN1CCNCC1. The van der Waals surface area contributed by atoms with E-state index in [0.29, 0.717) is 6.42 Å². The molecule has 0 aromatic rings. The predicted molar refractivity (Wildman–Crippen MR) is 68.0 cm³/mol. The van der Waals surface area contributed by atoms with Gasteiger partial charge in [0.25, 0.3) is 0 Å². The van der Waals surface area contributed by atoms with E-state index < -0.39 is 0 Å². The van der Waals surface area contributed by atoms with Crippen LogP contribution in [0.5, 0.6) is 0 Å². The Bertz CT molecular complexity index is 218. The molecule has 2 N–H and O–H groups in total. The van der Waals surface area contributed by atoms with E-state index in [1.54, 1.807) is 7.11 Å². The molecule has 1 saturated heterocycles. The smallest absolute Gasteiger partial charge is 0.220 e. The standard InChI is InChI=1S/C12H25N3O2/c1-11(17-2)3-4-12(16)14-7-10-15-8-5-13-6-9-15/h11,13H,3-10H2,1-2H3,(H,14,16). The van der Waals surface area contributed by atoms with Gasteiger partial charge in [0.05, 0.1) is 6.10 Å². The average Bonchev–Trinajstić information content (AvgIpc) is 2.37. The lowest BCUT2D eigenvalue weighted by atomic mass is 10.2. The number of nitrogens with one attached hydrogen (secondary N) is 2. The second-order valence-corrected chi connectivity index (χ2v) is 4.53. The van der Waals surface area contributed by atoms with Crippen molar-refractivity contribution in [1.29, 1.82) is 0 Å². The van der Waals surface area contributed by atoms with Gasteiger partial charge in [-0.3, -0.25) is 9.69 Å². The number of methoxy groups -OCH3 is 1. The van der Waals surface area contributed by atoms with Crippen LogP contribution in [0.4, 0.5) is 0 Å². The Morgan fingerprint density at radius 2 is 2.18 bits per heavy atom. The van der Waals surface area contributed by atoms with Crippen molar-refractivity contribution in [2.24, 2.45) is 0 Å². The van der Waals surface area contributed by atoms with Gasteiger partial charge in [0, 0.05) is 52.8 Å². The van der Waals surface area contributed by atoms with Crippen LogP contribution in [-0.2, 0) is 9.53 Å². The molecule has 1 aliphatic rings. The Kier molecular flexibility index (Phi) is 7.16. The topological polar surface area (TPSA) is 53.6 Å². The highest BCUT2D eigenvalue weighted by molar-refractivity contribution is 5.75. The van der Waals surface area contributed by atoms with Gasteiger partial charge in [-0.25, -0.2) is 0 Å². The molecule has 1 amide bonds. The van der Waals surface area contributed by atoms with E-state index in [9.17, 15) is 4.79 Å². The van der Waals surface area contributed by atoms with E-state index in [1.807, 2.05) is 6.92 Å². The molecule has 0 aromatic heterocycles. The number of carbonyl (C=O) groups is 1. The van der Waals surface area contributed by atoms with Crippen LogP contribution < -0.4 is 10.6 Å². The van der Waals surface area contributed by atoms with E-state index >= 15 is 0 Å². The van der Waals surface area contributed by atoms with Gasteiger partial charge in [0.15, 0.2) is 0 Å². The number of ether oxygens (including phenoxy) is 1. The van der Waals surface area contributed by atoms with E-state index in [1.165, 1.54) is 0 Å². The fourth-order valence-corrected chi connectivity index (χ4v) is 1.83. The van der Waals surface area contributed by atoms with Crippen LogP contribution in [0.15, 0.2) is 0 Å². The minimum absolute atomic E-state index is 0.129. The highest BCUT2D eigenvalue weighted by atomic mass is 16.5. The molecule has 5 nitrogen and oxygen atoms in total. The van der Waals surface area contributed by atoms with Crippen molar-refractivity contribution in [3.8, 4) is 0 Å². The van der Waals surface area contributed by atoms with E-state index in [4.69, 9.17) is 4.74 Å². The molecular formula is C12H25N3O2. The summed E-state index contributed by atoms with van der Waals surface area (Å²) in [7, 11) is 1.67. The summed E-state index contributed by atoms with van der Waals surface area (Å²) >= 11 is 0. The van der Waals surface area contributed by atoms with Gasteiger partial charge in [0.1, 0.15) is 0 Å². The first-order chi connectivity index (χ1) is 8.22. The maximum atomic E-state index is 11.5. The normalized spacial score (nSPS) is 18.9. The van der Waals surface area contributed by atoms with Crippen LogP contribution in [0, 0.1) is 0 Å². The van der Waals surface area contributed by atoms with Gasteiger partial charge in [0.2, 0.25) is 5.91 Å². The van der Waals surface area contributed by atoms with E-state index in [2.05, 4.69) is 15.5 Å². The van der Waals surface area contributed by atoms with E-state index in [0.717, 1.165) is 45.7 Å². The number of carbonyl (C=O) groups excluding carboxylic acids is 1. The highest BCUT2D eigenvalue weighted by Gasteiger charge is 2.09. The molecule has 1 atom stereocenters. The molecule has 0 radical (unpaired) electrons. The second kappa shape index (κ2) is 8.44. The van der Waals surface area contributed by atoms with Crippen LogP contribution in [-0.4, -0.2) is 63.3 Å². The summed E-state index contributed by atoms with van der Waals surface area (Å²) in [4.78, 5) is 13.9. The van der Waals surface area contributed by atoms with Crippen LogP contribution in [0.1, 0.15) is 19.8 Å². The average molecular weight is 243 g/mol. The summed E-state index contributed by atoms with van der Waals surface area (Å²) in [6.45, 7) is 7.95. The number of hydrogen-bond acceptors (Lipinski definition) is 4. The molecule has 0 saturated carbocycles. The first-order valence-electron chi connectivity index (χ1n) is 6.45. The molecule has 1 heterocycles. The second-order valence-electron chi connectivity index (χ2n) is 4.53. The molecule has 0 spiro atoms. The van der Waals surface area contributed by atoms with E-state index in [-0.39, 0.29) is 12.0 Å². The lowest BCUT2D eigenvalue weighted by Gasteiger charge is -2.27. The van der Waals surface area contributed by atoms with Crippen molar-refractivity contribution in [3.63, 3.8) is 0 Å². The molecule has 1 fully saturated rings. The van der Waals surface area contributed by atoms with Crippen molar-refractivity contribution in [1.82, 2.24) is 15.5 Å². The van der Waals surface area contributed by atoms with Crippen molar-refractivity contribution in [2.45, 2.75) is 25.9 Å². The number of nitrogens with zero attached hydrogens (tertiary/aromatic N) is 1. The third-order valence-corrected chi connectivity index (χ3v) is 3.14. The predicted octanol–water partition coefficient (Wildman–Crippen LogP) is -0.177. The summed E-state index contributed by atoms with van der Waals surface area (Å²) in [5.41, 5.74) is 0. The van der Waals surface area contributed by atoms with Crippen LogP contribution in [0.2, 0.25) is 0 Å². The molecule has 17 heavy (non-hydrogen) atoms. The molecular weight excluding hydrogens is 218 g/mol. The molecule has 100 valence electrons. The van der Waals surface area contributed by atoms with Crippen molar-refractivity contribution < 1.29 is 9.53 Å². The summed E-state index contributed by atoms with van der Waals surface area (Å²) in [5.74, 6) is 0.129. The maximum Gasteiger partial charge on any atom is 0.220 e. The number of hydrogen-bond donors (Lipinski definition) is 2. The first kappa shape index (κ1) is 14.4. The maximum absolute atomic E-state index is 11.5. The summed E-state index contributed by atoms with van der Waals surface area (Å²) in [6.07, 6.45) is 1.50. The Balaban J connectivity index is 1.99. The van der Waals surface area contributed by atoms with Gasteiger partial charge in [-0.2, -0.15) is 0 Å². The molecule has 1 unspecified atom stereocenters. The fourth-order valence-electron chi connectivity index (χ4n) is 1.83. The van der Waals surface area contributed by atoms with Gasteiger partial charge in [-0.15, -0.1) is 0 Å². The Morgan fingerprint density at radius 1 is 1.47 bits per heavy atom. The monoisotopic (exact) mass is 243 g/mol. The third-order valence-electron chi connectivity index (χ3n) is 3.14. The largest absolute Gasteiger partial charge is 0.382 e. The zero-order valence-electron chi connectivity index (χ0n) is 11.0. The van der Waals surface area contributed by atoms with Crippen molar-refractivity contribution >= 4 is 5.91 Å². The minimum atomic E-state index is 0.129. The molecule has 0 aromatic carbocycles. The molecule has 1 aliphatic heterocycles. The Morgan fingerprint density at radius 3 is 2.82 bits per heavy atom. The third kappa shape index (κ3) is 6.61. The summed E-state index contributed by atoms with van der Waals surface area (Å²) < 4.78 is 5.11. The molecule has 0 aliphatic carbocycles. The Hall–Kier alpha value is -0.650. The lowest BCUT2D eigenvalue weighted by molar-refractivity contribution is -0.121. The van der Waals surface area contributed by atoms with Crippen molar-refractivity contribution in [2.75, 3.05) is 46.4 Å². The van der Waals surface area contributed by atoms with Gasteiger partial charge in [-0.05, 0) is 13.3 Å². The van der Waals surface area contributed by atoms with Crippen LogP contribution in [0.3, 0.4) is 0 Å². The van der Waals surface area contributed by atoms with Crippen LogP contribution in [0.25, 0.3) is 0 Å². The van der Waals surface area contributed by atoms with Gasteiger partial charge < -0.3 is 15.4 Å². The molecule has 5 heteroatoms. The highest BCUT2D eigenvalue weighted by Crippen LogP contribution is 1.99. The van der Waals surface area contributed by atoms with Crippen LogP contribution >= 0.6 is 0 Å². The fraction of sp³-hybridized carbons (Fsp3) is 0.917. The van der Waals surface area contributed by atoms with Gasteiger partial charge >= 0.3 is 0 Å². The molecule has 1 rings (SSSR count). The van der Waals surface area contributed by atoms with Crippen molar-refractivity contribution in [3.05, 3.63) is 0 Å². The first-order valence-corrected chi connectivity index (χ1v) is 6.45. The quantitative estimate of drug-likeness (QED) is 0.651. The molecule has 0 bridgehead atoms. The Labute approximate surface area is 104 Å². The number of rotatable bonds is 7. The summed E-state index contributed by atoms with van der Waals surface area (Å²) in [6, 6.07) is 0. The zero-order chi connectivity index (χ0) is 12.5. The zero-order valence-corrected chi connectivity index (χ0v) is 11.0. The van der Waals surface area contributed by atoms with Gasteiger partial charge in [-0.1, -0.05) is 0 Å². The minimum Gasteiger partial charge on any atom is -0.382 e. The number of piperazine rings is 1. The summed E-state index contributed by atoms with van der Waals surface area (Å²) in [5, 5.41) is 6.26. The number of amides is 1.